The Hall–Kier alpha value is -1.19. The summed E-state index contributed by atoms with van der Waals surface area (Å²) in [5.41, 5.74) is 0. The molecule has 2 N–H and O–H groups in total. The summed E-state index contributed by atoms with van der Waals surface area (Å²) in [4.78, 5) is 18.9. The maximum Gasteiger partial charge on any atom is 0.399 e. The van der Waals surface area contributed by atoms with Crippen LogP contribution in [-0.4, -0.2) is 43.8 Å². The highest BCUT2D eigenvalue weighted by Gasteiger charge is 2.06. The molecule has 0 aromatic heterocycles. The molecule has 0 unspecified atom stereocenters. The molecule has 0 saturated heterocycles. The molecule has 0 atom stereocenters. The zero-order chi connectivity index (χ0) is 13.2. The van der Waals surface area contributed by atoms with Crippen molar-refractivity contribution < 1.29 is 36.6 Å². The van der Waals surface area contributed by atoms with Gasteiger partial charge in [-0.15, -0.1) is 0 Å². The minimum absolute atomic E-state index is 0.113. The molecule has 0 bridgehead atoms. The largest absolute Gasteiger partial charge is 0.481 e. The van der Waals surface area contributed by atoms with E-state index in [1.807, 2.05) is 0 Å². The SMILES string of the molecule is CCOS(=O)(=O)OCC.O=C(O)CC(=O)O. The first-order valence-corrected chi connectivity index (χ1v) is 5.55. The van der Waals surface area contributed by atoms with Crippen molar-refractivity contribution in [2.24, 2.45) is 0 Å². The lowest BCUT2D eigenvalue weighted by atomic mass is 10.5. The Morgan fingerprint density at radius 1 is 1.00 bits per heavy atom. The average molecular weight is 258 g/mol. The molecular formula is C7H14O8S. The Kier molecular flexibility index (Phi) is 9.75. The molecule has 0 aromatic rings. The van der Waals surface area contributed by atoms with E-state index in [1.165, 1.54) is 0 Å². The topological polar surface area (TPSA) is 127 Å². The molecular weight excluding hydrogens is 244 g/mol. The molecule has 0 aliphatic rings. The van der Waals surface area contributed by atoms with Crippen molar-refractivity contribution in [1.82, 2.24) is 0 Å². The van der Waals surface area contributed by atoms with Crippen molar-refractivity contribution >= 4 is 22.3 Å². The number of carboxylic acids is 2. The summed E-state index contributed by atoms with van der Waals surface area (Å²) in [6, 6.07) is 0. The summed E-state index contributed by atoms with van der Waals surface area (Å²) in [7, 11) is -3.68. The van der Waals surface area contributed by atoms with Gasteiger partial charge in [-0.1, -0.05) is 0 Å². The molecule has 96 valence electrons. The fraction of sp³-hybridized carbons (Fsp3) is 0.714. The maximum atomic E-state index is 10.4. The average Bonchev–Trinajstić information content (AvgIpc) is 2.01. The summed E-state index contributed by atoms with van der Waals surface area (Å²) in [6.07, 6.45) is -0.806. The molecule has 0 fully saturated rings. The minimum Gasteiger partial charge on any atom is -0.481 e. The number of rotatable bonds is 6. The van der Waals surface area contributed by atoms with Gasteiger partial charge in [-0.25, -0.2) is 8.37 Å². The number of hydrogen-bond acceptors (Lipinski definition) is 6. The van der Waals surface area contributed by atoms with E-state index in [2.05, 4.69) is 8.37 Å². The van der Waals surface area contributed by atoms with Crippen molar-refractivity contribution in [3.63, 3.8) is 0 Å². The van der Waals surface area contributed by atoms with Gasteiger partial charge in [0.15, 0.2) is 0 Å². The fourth-order valence-corrected chi connectivity index (χ4v) is 1.10. The van der Waals surface area contributed by atoms with E-state index in [4.69, 9.17) is 10.2 Å². The van der Waals surface area contributed by atoms with Crippen LogP contribution in [0.5, 0.6) is 0 Å². The normalized spacial score (nSPS) is 10.1. The van der Waals surface area contributed by atoms with Crippen LogP contribution in [-0.2, 0) is 28.4 Å². The van der Waals surface area contributed by atoms with Gasteiger partial charge in [0.1, 0.15) is 6.42 Å². The third kappa shape index (κ3) is 15.3. The second-order valence-electron chi connectivity index (χ2n) is 2.19. The zero-order valence-corrected chi connectivity index (χ0v) is 9.69. The molecule has 16 heavy (non-hydrogen) atoms. The van der Waals surface area contributed by atoms with Gasteiger partial charge in [0.25, 0.3) is 0 Å². The molecule has 8 nitrogen and oxygen atoms in total. The van der Waals surface area contributed by atoms with Crippen LogP contribution >= 0.6 is 0 Å². The van der Waals surface area contributed by atoms with E-state index in [0.717, 1.165) is 0 Å². The molecule has 0 aliphatic heterocycles. The lowest BCUT2D eigenvalue weighted by molar-refractivity contribution is -0.147. The van der Waals surface area contributed by atoms with Crippen molar-refractivity contribution in [2.45, 2.75) is 20.3 Å². The number of carbonyl (C=O) groups is 2. The molecule has 0 spiro atoms. The Morgan fingerprint density at radius 2 is 1.31 bits per heavy atom. The quantitative estimate of drug-likeness (QED) is 0.629. The Labute approximate surface area is 93.1 Å². The summed E-state index contributed by atoms with van der Waals surface area (Å²) in [5.74, 6) is -2.62. The smallest absolute Gasteiger partial charge is 0.399 e. The standard InChI is InChI=1S/C4H10O4S.C3H4O4/c1-3-7-9(5,6)8-4-2;4-2(5)1-3(6)7/h3-4H2,1-2H3;1H2,(H,4,5)(H,6,7). The molecule has 0 radical (unpaired) electrons. The van der Waals surface area contributed by atoms with Gasteiger partial charge < -0.3 is 10.2 Å². The Bertz CT molecular complexity index is 282. The van der Waals surface area contributed by atoms with Crippen molar-refractivity contribution in [3.05, 3.63) is 0 Å². The second-order valence-corrected chi connectivity index (χ2v) is 3.47. The van der Waals surface area contributed by atoms with Gasteiger partial charge in [-0.3, -0.25) is 9.59 Å². The molecule has 0 amide bonds. The summed E-state index contributed by atoms with van der Waals surface area (Å²) >= 11 is 0. The highest BCUT2D eigenvalue weighted by molar-refractivity contribution is 7.81. The van der Waals surface area contributed by atoms with Gasteiger partial charge in [0.05, 0.1) is 13.2 Å². The zero-order valence-electron chi connectivity index (χ0n) is 8.87. The first kappa shape index (κ1) is 17.2. The van der Waals surface area contributed by atoms with E-state index >= 15 is 0 Å². The summed E-state index contributed by atoms with van der Waals surface area (Å²) in [6.45, 7) is 3.39. The van der Waals surface area contributed by atoms with Gasteiger partial charge in [0.2, 0.25) is 0 Å². The van der Waals surface area contributed by atoms with Crippen LogP contribution < -0.4 is 0 Å². The van der Waals surface area contributed by atoms with Gasteiger partial charge >= 0.3 is 22.3 Å². The molecule has 0 rings (SSSR count). The fourth-order valence-electron chi connectivity index (χ4n) is 0.452. The predicted molar refractivity (Wildman–Crippen MR) is 52.1 cm³/mol. The monoisotopic (exact) mass is 258 g/mol. The van der Waals surface area contributed by atoms with Gasteiger partial charge in [-0.05, 0) is 13.8 Å². The van der Waals surface area contributed by atoms with Crippen LogP contribution in [0.25, 0.3) is 0 Å². The first-order valence-electron chi connectivity index (χ1n) is 4.22. The highest BCUT2D eigenvalue weighted by Crippen LogP contribution is 1.93. The molecule has 0 aromatic carbocycles. The summed E-state index contributed by atoms with van der Waals surface area (Å²) in [5, 5.41) is 15.4. The Morgan fingerprint density at radius 3 is 1.44 bits per heavy atom. The van der Waals surface area contributed by atoms with Crippen LogP contribution in [0.4, 0.5) is 0 Å². The van der Waals surface area contributed by atoms with Crippen molar-refractivity contribution in [2.75, 3.05) is 13.2 Å². The number of hydrogen-bond donors (Lipinski definition) is 2. The highest BCUT2D eigenvalue weighted by atomic mass is 32.3. The van der Waals surface area contributed by atoms with Gasteiger partial charge in [0, 0.05) is 0 Å². The molecule has 0 heterocycles. The third-order valence-corrected chi connectivity index (χ3v) is 1.88. The van der Waals surface area contributed by atoms with Crippen molar-refractivity contribution in [3.8, 4) is 0 Å². The van der Waals surface area contributed by atoms with Crippen LogP contribution in [0.2, 0.25) is 0 Å². The maximum absolute atomic E-state index is 10.4. The summed E-state index contributed by atoms with van der Waals surface area (Å²) < 4.78 is 29.2. The third-order valence-electron chi connectivity index (χ3n) is 0.827. The van der Waals surface area contributed by atoms with E-state index in [-0.39, 0.29) is 13.2 Å². The lowest BCUT2D eigenvalue weighted by Gasteiger charge is -1.99. The number of aliphatic carboxylic acids is 2. The van der Waals surface area contributed by atoms with Crippen LogP contribution in [0.3, 0.4) is 0 Å². The second kappa shape index (κ2) is 9.07. The Balaban J connectivity index is 0. The van der Waals surface area contributed by atoms with E-state index in [9.17, 15) is 18.0 Å². The predicted octanol–water partition coefficient (Wildman–Crippen LogP) is -0.150. The van der Waals surface area contributed by atoms with Crippen LogP contribution in [0, 0.1) is 0 Å². The number of carboxylic acid groups (broad SMARTS) is 2. The molecule has 0 aliphatic carbocycles. The van der Waals surface area contributed by atoms with Crippen LogP contribution in [0.1, 0.15) is 20.3 Å². The van der Waals surface area contributed by atoms with E-state index in [1.54, 1.807) is 13.8 Å². The van der Waals surface area contributed by atoms with E-state index < -0.39 is 28.8 Å². The first-order chi connectivity index (χ1) is 7.25. The molecule has 0 saturated carbocycles. The molecule has 9 heteroatoms. The van der Waals surface area contributed by atoms with Crippen molar-refractivity contribution in [1.29, 1.82) is 0 Å². The van der Waals surface area contributed by atoms with Crippen LogP contribution in [0.15, 0.2) is 0 Å². The minimum atomic E-state index is -3.68. The lowest BCUT2D eigenvalue weighted by Crippen LogP contribution is -2.09. The van der Waals surface area contributed by atoms with Gasteiger partial charge in [-0.2, -0.15) is 8.42 Å². The van der Waals surface area contributed by atoms with E-state index in [0.29, 0.717) is 0 Å².